The number of nitrogens with zero attached hydrogens (tertiary/aromatic N) is 2. The fourth-order valence-electron chi connectivity index (χ4n) is 4.50. The minimum atomic E-state index is -0.0513. The fraction of sp³-hybridized carbons (Fsp3) is 0.583. The van der Waals surface area contributed by atoms with Gasteiger partial charge in [-0.3, -0.25) is 9.79 Å². The molecule has 1 fully saturated rings. The van der Waals surface area contributed by atoms with Crippen LogP contribution in [0.3, 0.4) is 0 Å². The molecule has 1 amide bonds. The normalized spacial score (nSPS) is 24.3. The van der Waals surface area contributed by atoms with Gasteiger partial charge in [0.15, 0.2) is 0 Å². The van der Waals surface area contributed by atoms with Crippen LogP contribution in [-0.4, -0.2) is 55.4 Å². The largest absolute Gasteiger partial charge is 0.508 e. The first-order chi connectivity index (χ1) is 13.7. The van der Waals surface area contributed by atoms with Crippen molar-refractivity contribution in [2.24, 2.45) is 21.7 Å². The standard InChI is InChI=1S/C24H35N3O2/c1-23(11-12-23)21(24(2)10-5-13-25-17-24)15-22(29)26-16-19(27(3)4)14-18-6-8-20(28)9-7-18/h5-10,13,19,21,28H,11-12,14-17H2,1-4H3,(H,26,29)/t19-,21+,24?/m0/s1. The molecule has 1 aliphatic heterocycles. The molecule has 158 valence electrons. The molecule has 2 N–H and O–H groups in total. The second-order valence-corrected chi connectivity index (χ2v) is 9.56. The van der Waals surface area contributed by atoms with E-state index in [-0.39, 0.29) is 28.5 Å². The minimum Gasteiger partial charge on any atom is -0.508 e. The SMILES string of the molecule is CN(C)[C@H](CNC(=O)C[C@@H](C1(C)C=CC=NC1)C1(C)CC1)Cc1ccc(O)cc1. The molecule has 5 nitrogen and oxygen atoms in total. The zero-order chi connectivity index (χ0) is 21.1. The lowest BCUT2D eigenvalue weighted by Crippen LogP contribution is -2.44. The Labute approximate surface area is 174 Å². The number of carbonyl (C=O) groups is 1. The maximum absolute atomic E-state index is 12.9. The van der Waals surface area contributed by atoms with Crippen molar-refractivity contribution in [2.45, 2.75) is 45.6 Å². The second-order valence-electron chi connectivity index (χ2n) is 9.56. The highest BCUT2D eigenvalue weighted by atomic mass is 16.3. The van der Waals surface area contributed by atoms with E-state index in [0.29, 0.717) is 18.9 Å². The van der Waals surface area contributed by atoms with Crippen molar-refractivity contribution < 1.29 is 9.90 Å². The number of benzene rings is 1. The Kier molecular flexibility index (Phi) is 6.47. The van der Waals surface area contributed by atoms with Gasteiger partial charge in [0.2, 0.25) is 5.91 Å². The highest BCUT2D eigenvalue weighted by molar-refractivity contribution is 5.77. The van der Waals surface area contributed by atoms with Crippen LogP contribution in [0.2, 0.25) is 0 Å². The minimum absolute atomic E-state index is 0.0513. The summed E-state index contributed by atoms with van der Waals surface area (Å²) in [5.41, 5.74) is 1.34. The third kappa shape index (κ3) is 5.47. The smallest absolute Gasteiger partial charge is 0.220 e. The molecular weight excluding hydrogens is 362 g/mol. The first-order valence-electron chi connectivity index (χ1n) is 10.6. The number of rotatable bonds is 9. The quantitative estimate of drug-likeness (QED) is 0.671. The summed E-state index contributed by atoms with van der Waals surface area (Å²) in [4.78, 5) is 19.5. The molecule has 1 unspecified atom stereocenters. The summed E-state index contributed by atoms with van der Waals surface area (Å²) in [6, 6.07) is 7.50. The number of likely N-dealkylation sites (N-methyl/N-ethyl adjacent to an activating group) is 1. The number of hydrogen-bond acceptors (Lipinski definition) is 4. The lowest BCUT2D eigenvalue weighted by molar-refractivity contribution is -0.123. The molecule has 29 heavy (non-hydrogen) atoms. The van der Waals surface area contributed by atoms with Crippen LogP contribution in [0.1, 0.15) is 38.7 Å². The molecule has 0 aromatic heterocycles. The molecule has 3 rings (SSSR count). The van der Waals surface area contributed by atoms with Crippen molar-refractivity contribution in [1.82, 2.24) is 10.2 Å². The molecule has 0 spiro atoms. The van der Waals surface area contributed by atoms with Gasteiger partial charge in [-0.2, -0.15) is 0 Å². The van der Waals surface area contributed by atoms with Crippen molar-refractivity contribution in [3.05, 3.63) is 42.0 Å². The van der Waals surface area contributed by atoms with Crippen LogP contribution in [0.15, 0.2) is 41.4 Å². The van der Waals surface area contributed by atoms with Gasteiger partial charge in [-0.05, 0) is 68.5 Å². The number of allylic oxidation sites excluding steroid dienone is 1. The van der Waals surface area contributed by atoms with Gasteiger partial charge in [0.1, 0.15) is 5.75 Å². The van der Waals surface area contributed by atoms with Gasteiger partial charge in [-0.25, -0.2) is 0 Å². The van der Waals surface area contributed by atoms with Crippen molar-refractivity contribution in [2.75, 3.05) is 27.2 Å². The Morgan fingerprint density at radius 3 is 2.48 bits per heavy atom. The van der Waals surface area contributed by atoms with E-state index in [1.54, 1.807) is 12.1 Å². The second kappa shape index (κ2) is 8.70. The van der Waals surface area contributed by atoms with Crippen molar-refractivity contribution in [1.29, 1.82) is 0 Å². The third-order valence-electron chi connectivity index (χ3n) is 6.84. The molecule has 1 aliphatic carbocycles. The number of amides is 1. The van der Waals surface area contributed by atoms with Crippen LogP contribution >= 0.6 is 0 Å². The number of phenolic OH excluding ortho intramolecular Hbond substituents is 1. The van der Waals surface area contributed by atoms with Crippen LogP contribution in [0.4, 0.5) is 0 Å². The predicted molar refractivity (Wildman–Crippen MR) is 118 cm³/mol. The van der Waals surface area contributed by atoms with E-state index in [2.05, 4.69) is 35.1 Å². The number of nitrogens with one attached hydrogen (secondary N) is 1. The van der Waals surface area contributed by atoms with Gasteiger partial charge in [-0.15, -0.1) is 0 Å². The molecule has 0 radical (unpaired) electrons. The average molecular weight is 398 g/mol. The number of aliphatic imine (C=N–C) groups is 1. The van der Waals surface area contributed by atoms with E-state index < -0.39 is 0 Å². The molecule has 2 aliphatic rings. The molecule has 1 saturated carbocycles. The summed E-state index contributed by atoms with van der Waals surface area (Å²) in [7, 11) is 4.08. The zero-order valence-corrected chi connectivity index (χ0v) is 18.2. The highest BCUT2D eigenvalue weighted by Crippen LogP contribution is 2.59. The first-order valence-corrected chi connectivity index (χ1v) is 10.6. The summed E-state index contributed by atoms with van der Waals surface area (Å²) in [6.07, 6.45) is 9.89. The summed E-state index contributed by atoms with van der Waals surface area (Å²) >= 11 is 0. The molecule has 0 saturated heterocycles. The van der Waals surface area contributed by atoms with Gasteiger partial charge in [0, 0.05) is 37.2 Å². The van der Waals surface area contributed by atoms with Crippen molar-refractivity contribution in [3.63, 3.8) is 0 Å². The summed E-state index contributed by atoms with van der Waals surface area (Å²) in [5.74, 6) is 0.709. The Bertz CT molecular complexity index is 765. The lowest BCUT2D eigenvalue weighted by atomic mass is 9.67. The van der Waals surface area contributed by atoms with Gasteiger partial charge < -0.3 is 15.3 Å². The van der Waals surface area contributed by atoms with Gasteiger partial charge >= 0.3 is 0 Å². The van der Waals surface area contributed by atoms with Gasteiger partial charge in [0.25, 0.3) is 0 Å². The van der Waals surface area contributed by atoms with E-state index in [9.17, 15) is 9.90 Å². The molecule has 0 bridgehead atoms. The third-order valence-corrected chi connectivity index (χ3v) is 6.84. The maximum Gasteiger partial charge on any atom is 0.220 e. The molecule has 5 heteroatoms. The summed E-state index contributed by atoms with van der Waals surface area (Å²) in [5, 5.41) is 12.7. The fourth-order valence-corrected chi connectivity index (χ4v) is 4.50. The Morgan fingerprint density at radius 2 is 1.93 bits per heavy atom. The monoisotopic (exact) mass is 397 g/mol. The molecule has 3 atom stereocenters. The Morgan fingerprint density at radius 1 is 1.24 bits per heavy atom. The number of phenols is 1. The van der Waals surface area contributed by atoms with E-state index in [1.165, 1.54) is 12.8 Å². The Balaban J connectivity index is 1.59. The van der Waals surface area contributed by atoms with Gasteiger partial charge in [0.05, 0.1) is 0 Å². The number of hydrogen-bond donors (Lipinski definition) is 2. The molecule has 1 heterocycles. The van der Waals surface area contributed by atoms with E-state index >= 15 is 0 Å². The zero-order valence-electron chi connectivity index (χ0n) is 18.2. The predicted octanol–water partition coefficient (Wildman–Crippen LogP) is 3.43. The maximum atomic E-state index is 12.9. The number of dihydropyridines is 1. The summed E-state index contributed by atoms with van der Waals surface area (Å²) < 4.78 is 0. The number of carbonyl (C=O) groups excluding carboxylic acids is 1. The van der Waals surface area contributed by atoms with Crippen LogP contribution in [0.5, 0.6) is 5.75 Å². The molecular formula is C24H35N3O2. The molecule has 1 aromatic rings. The topological polar surface area (TPSA) is 64.9 Å². The van der Waals surface area contributed by atoms with Crippen LogP contribution in [0, 0.1) is 16.7 Å². The van der Waals surface area contributed by atoms with E-state index in [1.807, 2.05) is 38.5 Å². The average Bonchev–Trinajstić information content (AvgIpc) is 3.43. The number of aromatic hydroxyl groups is 1. The summed E-state index contributed by atoms with van der Waals surface area (Å²) in [6.45, 7) is 5.93. The van der Waals surface area contributed by atoms with Crippen molar-refractivity contribution >= 4 is 12.1 Å². The van der Waals surface area contributed by atoms with Crippen molar-refractivity contribution in [3.8, 4) is 5.75 Å². The van der Waals surface area contributed by atoms with Crippen LogP contribution in [0.25, 0.3) is 0 Å². The molecule has 1 aromatic carbocycles. The van der Waals surface area contributed by atoms with E-state index in [0.717, 1.165) is 18.5 Å². The first kappa shape index (κ1) is 21.6. The Hall–Kier alpha value is -2.14. The van der Waals surface area contributed by atoms with Gasteiger partial charge in [-0.1, -0.05) is 32.1 Å². The lowest BCUT2D eigenvalue weighted by Gasteiger charge is -2.39. The van der Waals surface area contributed by atoms with Crippen LogP contribution < -0.4 is 5.32 Å². The van der Waals surface area contributed by atoms with Crippen LogP contribution in [-0.2, 0) is 11.2 Å². The highest BCUT2D eigenvalue weighted by Gasteiger charge is 2.52. The van der Waals surface area contributed by atoms with E-state index in [4.69, 9.17) is 0 Å².